The number of quaternary nitrogens is 1. The van der Waals surface area contributed by atoms with Gasteiger partial charge in [0.15, 0.2) is 6.10 Å². The standard InChI is InChI=1S/C46H78NO8P/c1-6-8-10-12-14-16-18-20-22-23-25-26-28-30-32-34-36-38-45(48)52-42-44(43-54-56(50,51)53-41-40-47(3,4)5)55-46(49)39-37-35-33-31-29-27-24-21-19-17-15-13-11-9-7-2/h9,11,14-17,20-22,24-26,30,32,44H,6-8,10,12-13,18-19,23,27-29,31,33-43H2,1-5H3/b11-9+,16-14+,17-15+,22-20+,24-21+,26-25+,32-30+/t44-/m1/s1. The van der Waals surface area contributed by atoms with Crippen LogP contribution in [0.3, 0.4) is 0 Å². The third kappa shape index (κ3) is 40.8. The summed E-state index contributed by atoms with van der Waals surface area (Å²) in [5.74, 6) is -0.930. The van der Waals surface area contributed by atoms with Crippen molar-refractivity contribution in [1.82, 2.24) is 0 Å². The molecule has 0 rings (SSSR count). The molecule has 0 aromatic rings. The van der Waals surface area contributed by atoms with E-state index < -0.39 is 32.5 Å². The zero-order valence-electron chi connectivity index (χ0n) is 35.8. The Labute approximate surface area is 341 Å². The predicted octanol–water partition coefficient (Wildman–Crippen LogP) is 11.4. The molecule has 0 fully saturated rings. The molecule has 9 nitrogen and oxygen atoms in total. The van der Waals surface area contributed by atoms with Crippen LogP contribution in [0, 0.1) is 0 Å². The lowest BCUT2D eigenvalue weighted by atomic mass is 10.1. The average Bonchev–Trinajstić information content (AvgIpc) is 3.15. The molecule has 0 aliphatic carbocycles. The monoisotopic (exact) mass is 804 g/mol. The fourth-order valence-electron chi connectivity index (χ4n) is 5.07. The largest absolute Gasteiger partial charge is 0.756 e. The molecule has 10 heteroatoms. The van der Waals surface area contributed by atoms with Gasteiger partial charge >= 0.3 is 11.9 Å². The summed E-state index contributed by atoms with van der Waals surface area (Å²) in [4.78, 5) is 37.5. The highest BCUT2D eigenvalue weighted by atomic mass is 31.2. The van der Waals surface area contributed by atoms with Gasteiger partial charge in [-0.2, -0.15) is 0 Å². The SMILES string of the molecule is CC/C=C/C/C=C/C/C=C/CCCCCCCC(=O)O[C@H](COC(=O)CCC/C=C/C/C=C/C/C=C/C/C=C/CCCCC)COP(=O)([O-])OCC[N+](C)(C)C. The van der Waals surface area contributed by atoms with Crippen LogP contribution in [-0.2, 0) is 32.7 Å². The molecule has 0 radical (unpaired) electrons. The summed E-state index contributed by atoms with van der Waals surface area (Å²) in [5.41, 5.74) is 0. The molecule has 2 atom stereocenters. The maximum absolute atomic E-state index is 12.6. The highest BCUT2D eigenvalue weighted by Gasteiger charge is 2.21. The Kier molecular flexibility index (Phi) is 35.9. The number of hydrogen-bond acceptors (Lipinski definition) is 8. The number of esters is 2. The van der Waals surface area contributed by atoms with Crippen molar-refractivity contribution in [2.45, 2.75) is 148 Å². The van der Waals surface area contributed by atoms with E-state index in [-0.39, 0.29) is 26.1 Å². The number of likely N-dealkylation sites (N-methyl/N-ethyl adjacent to an activating group) is 1. The molecule has 1 unspecified atom stereocenters. The molecule has 0 saturated heterocycles. The number of nitrogens with zero attached hydrogens (tertiary/aromatic N) is 1. The topological polar surface area (TPSA) is 111 Å². The highest BCUT2D eigenvalue weighted by molar-refractivity contribution is 7.45. The number of hydrogen-bond donors (Lipinski definition) is 0. The van der Waals surface area contributed by atoms with Crippen LogP contribution in [0.4, 0.5) is 0 Å². The van der Waals surface area contributed by atoms with Crippen LogP contribution >= 0.6 is 7.82 Å². The van der Waals surface area contributed by atoms with Crippen molar-refractivity contribution in [3.63, 3.8) is 0 Å². The molecule has 0 bridgehead atoms. The fourth-order valence-corrected chi connectivity index (χ4v) is 5.80. The fraction of sp³-hybridized carbons (Fsp3) is 0.652. The second-order valence-electron chi connectivity index (χ2n) is 15.0. The van der Waals surface area contributed by atoms with Crippen LogP contribution in [0.15, 0.2) is 85.1 Å². The second-order valence-corrected chi connectivity index (χ2v) is 16.4. The highest BCUT2D eigenvalue weighted by Crippen LogP contribution is 2.38. The van der Waals surface area contributed by atoms with Gasteiger partial charge in [-0.15, -0.1) is 0 Å². The number of unbranched alkanes of at least 4 members (excludes halogenated alkanes) is 9. The molecule has 56 heavy (non-hydrogen) atoms. The quantitative estimate of drug-likeness (QED) is 0.0201. The summed E-state index contributed by atoms with van der Waals surface area (Å²) in [7, 11) is 1.11. The van der Waals surface area contributed by atoms with Crippen LogP contribution in [0.5, 0.6) is 0 Å². The van der Waals surface area contributed by atoms with E-state index in [4.69, 9.17) is 18.5 Å². The van der Waals surface area contributed by atoms with Crippen LogP contribution in [0.1, 0.15) is 142 Å². The van der Waals surface area contributed by atoms with Gasteiger partial charge in [-0.05, 0) is 83.5 Å². The minimum absolute atomic E-state index is 0.0476. The van der Waals surface area contributed by atoms with Gasteiger partial charge in [0.1, 0.15) is 19.8 Å². The van der Waals surface area contributed by atoms with Gasteiger partial charge in [0.05, 0.1) is 27.7 Å². The molecule has 0 aromatic heterocycles. The molecular weight excluding hydrogens is 725 g/mol. The van der Waals surface area contributed by atoms with Gasteiger partial charge in [0.25, 0.3) is 7.82 Å². The van der Waals surface area contributed by atoms with Crippen molar-refractivity contribution in [1.29, 1.82) is 0 Å². The first-order chi connectivity index (χ1) is 27.0. The smallest absolute Gasteiger partial charge is 0.306 e. The number of phosphoric acid groups is 1. The van der Waals surface area contributed by atoms with E-state index in [9.17, 15) is 19.0 Å². The van der Waals surface area contributed by atoms with Gasteiger partial charge in [-0.1, -0.05) is 131 Å². The molecule has 0 saturated carbocycles. The zero-order valence-corrected chi connectivity index (χ0v) is 36.7. The zero-order chi connectivity index (χ0) is 41.4. The lowest BCUT2D eigenvalue weighted by Gasteiger charge is -2.28. The molecule has 0 spiro atoms. The van der Waals surface area contributed by atoms with Crippen LogP contribution < -0.4 is 4.89 Å². The first-order valence-corrected chi connectivity index (χ1v) is 22.8. The molecule has 0 aromatic carbocycles. The Bertz CT molecular complexity index is 1230. The van der Waals surface area contributed by atoms with E-state index in [1.54, 1.807) is 0 Å². The number of rotatable bonds is 37. The third-order valence-electron chi connectivity index (χ3n) is 8.40. The Morgan fingerprint density at radius 2 is 1.04 bits per heavy atom. The maximum Gasteiger partial charge on any atom is 0.306 e. The molecule has 0 N–H and O–H groups in total. The number of ether oxygens (including phenoxy) is 2. The first kappa shape index (κ1) is 53.2. The minimum Gasteiger partial charge on any atom is -0.756 e. The van der Waals surface area contributed by atoms with Crippen molar-refractivity contribution in [3.8, 4) is 0 Å². The second kappa shape index (κ2) is 37.7. The maximum atomic E-state index is 12.6. The molecule has 0 amide bonds. The van der Waals surface area contributed by atoms with Crippen LogP contribution in [0.25, 0.3) is 0 Å². The summed E-state index contributed by atoms with van der Waals surface area (Å²) in [6.45, 7) is 3.97. The lowest BCUT2D eigenvalue weighted by molar-refractivity contribution is -0.870. The number of allylic oxidation sites excluding steroid dienone is 14. The molecule has 320 valence electrons. The van der Waals surface area contributed by atoms with E-state index in [0.717, 1.165) is 77.0 Å². The Morgan fingerprint density at radius 1 is 0.571 bits per heavy atom. The number of carbonyl (C=O) groups excluding carboxylic acids is 2. The van der Waals surface area contributed by atoms with Crippen molar-refractivity contribution >= 4 is 19.8 Å². The van der Waals surface area contributed by atoms with Gasteiger partial charge in [-0.25, -0.2) is 0 Å². The summed E-state index contributed by atoms with van der Waals surface area (Å²) < 4.78 is 33.8. The van der Waals surface area contributed by atoms with E-state index in [1.807, 2.05) is 27.2 Å². The predicted molar refractivity (Wildman–Crippen MR) is 231 cm³/mol. The summed E-state index contributed by atoms with van der Waals surface area (Å²) in [6.07, 6.45) is 47.6. The minimum atomic E-state index is -4.65. The number of carbonyl (C=O) groups is 2. The summed E-state index contributed by atoms with van der Waals surface area (Å²) in [5, 5.41) is 0. The van der Waals surface area contributed by atoms with E-state index >= 15 is 0 Å². The van der Waals surface area contributed by atoms with Gasteiger partial charge in [0, 0.05) is 12.8 Å². The van der Waals surface area contributed by atoms with Crippen LogP contribution in [0.2, 0.25) is 0 Å². The molecular formula is C46H78NO8P. The molecule has 0 aliphatic heterocycles. The van der Waals surface area contributed by atoms with Gasteiger partial charge in [-0.3, -0.25) is 14.2 Å². The van der Waals surface area contributed by atoms with E-state index in [1.165, 1.54) is 25.7 Å². The van der Waals surface area contributed by atoms with Gasteiger partial charge in [0.2, 0.25) is 0 Å². The van der Waals surface area contributed by atoms with E-state index in [2.05, 4.69) is 92.8 Å². The van der Waals surface area contributed by atoms with Crippen molar-refractivity contribution < 1.29 is 42.1 Å². The number of phosphoric ester groups is 1. The molecule has 0 heterocycles. The van der Waals surface area contributed by atoms with E-state index in [0.29, 0.717) is 23.9 Å². The summed E-state index contributed by atoms with van der Waals surface area (Å²) in [6, 6.07) is 0. The van der Waals surface area contributed by atoms with Crippen molar-refractivity contribution in [2.75, 3.05) is 47.5 Å². The molecule has 0 aliphatic rings. The Hall–Kier alpha value is -2.81. The Balaban J connectivity index is 4.52. The lowest BCUT2D eigenvalue weighted by Crippen LogP contribution is -2.37. The first-order valence-electron chi connectivity index (χ1n) is 21.3. The average molecular weight is 804 g/mol. The van der Waals surface area contributed by atoms with Gasteiger partial charge < -0.3 is 27.9 Å². The van der Waals surface area contributed by atoms with Crippen molar-refractivity contribution in [2.24, 2.45) is 0 Å². The van der Waals surface area contributed by atoms with Crippen LogP contribution in [-0.4, -0.2) is 70.0 Å². The van der Waals surface area contributed by atoms with Crippen molar-refractivity contribution in [3.05, 3.63) is 85.1 Å². The third-order valence-corrected chi connectivity index (χ3v) is 9.36. The summed E-state index contributed by atoms with van der Waals surface area (Å²) >= 11 is 0. The normalized spacial score (nSPS) is 14.5. The Morgan fingerprint density at radius 3 is 1.57 bits per heavy atom.